The first kappa shape index (κ1) is 27.8. The molecule has 9 nitrogen and oxygen atoms in total. The van der Waals surface area contributed by atoms with Crippen molar-refractivity contribution in [1.29, 1.82) is 0 Å². The van der Waals surface area contributed by atoms with Gasteiger partial charge in [-0.05, 0) is 78.9 Å². The molecule has 0 saturated carbocycles. The zero-order chi connectivity index (χ0) is 28.5. The number of sulfonamides is 2. The van der Waals surface area contributed by atoms with E-state index < -0.39 is 32.1 Å². The van der Waals surface area contributed by atoms with Crippen molar-refractivity contribution in [3.63, 3.8) is 0 Å². The van der Waals surface area contributed by atoms with Crippen LogP contribution in [0.5, 0.6) is 5.75 Å². The fourth-order valence-corrected chi connectivity index (χ4v) is 6.85. The number of halogens is 2. The molecule has 5 rings (SSSR count). The summed E-state index contributed by atoms with van der Waals surface area (Å²) in [4.78, 5) is 13.1. The van der Waals surface area contributed by atoms with Gasteiger partial charge in [0.15, 0.2) is 6.10 Å². The Bertz CT molecular complexity index is 1780. The Hall–Kier alpha value is -3.77. The van der Waals surface area contributed by atoms with Crippen LogP contribution in [0.3, 0.4) is 0 Å². The van der Waals surface area contributed by atoms with E-state index >= 15 is 0 Å². The van der Waals surface area contributed by atoms with E-state index in [4.69, 9.17) is 27.9 Å². The summed E-state index contributed by atoms with van der Waals surface area (Å²) >= 11 is 11.8. The summed E-state index contributed by atoms with van der Waals surface area (Å²) in [6.45, 7) is -0.288. The third-order valence-corrected chi connectivity index (χ3v) is 9.62. The van der Waals surface area contributed by atoms with E-state index in [2.05, 4.69) is 10.0 Å². The highest BCUT2D eigenvalue weighted by atomic mass is 35.5. The van der Waals surface area contributed by atoms with Gasteiger partial charge >= 0.3 is 0 Å². The Kier molecular flexibility index (Phi) is 7.65. The number of nitrogens with one attached hydrogen (secondary N) is 2. The van der Waals surface area contributed by atoms with Gasteiger partial charge < -0.3 is 10.1 Å². The zero-order valence-corrected chi connectivity index (χ0v) is 23.6. The SMILES string of the molecule is O=C(Nc1ccc(S(=O)(=O)Nc2cccc(Cl)c2)cc1)C1CN(S(=O)(=O)c2ccc(Cl)cc2)c2ccccc2O1. The molecule has 13 heteroatoms. The summed E-state index contributed by atoms with van der Waals surface area (Å²) in [6.07, 6.45) is -1.19. The number of nitrogens with zero attached hydrogens (tertiary/aromatic N) is 1. The van der Waals surface area contributed by atoms with E-state index in [1.165, 1.54) is 54.6 Å². The van der Waals surface area contributed by atoms with E-state index in [0.717, 1.165) is 4.31 Å². The number of para-hydroxylation sites is 2. The van der Waals surface area contributed by atoms with E-state index in [1.54, 1.807) is 42.5 Å². The summed E-state index contributed by atoms with van der Waals surface area (Å²) in [5.41, 5.74) is 0.891. The van der Waals surface area contributed by atoms with Crippen molar-refractivity contribution in [3.8, 4) is 5.75 Å². The van der Waals surface area contributed by atoms with Gasteiger partial charge in [-0.25, -0.2) is 16.8 Å². The summed E-state index contributed by atoms with van der Waals surface area (Å²) in [7, 11) is -7.96. The molecular weight excluding hydrogens is 597 g/mol. The van der Waals surface area contributed by atoms with Crippen LogP contribution in [-0.4, -0.2) is 35.4 Å². The highest BCUT2D eigenvalue weighted by molar-refractivity contribution is 7.93. The lowest BCUT2D eigenvalue weighted by molar-refractivity contribution is -0.122. The number of carbonyl (C=O) groups excluding carboxylic acids is 1. The van der Waals surface area contributed by atoms with Crippen LogP contribution in [0.2, 0.25) is 10.0 Å². The van der Waals surface area contributed by atoms with Gasteiger partial charge in [0.2, 0.25) is 0 Å². The Morgan fingerprint density at radius 3 is 2.15 bits per heavy atom. The molecule has 2 N–H and O–H groups in total. The second kappa shape index (κ2) is 11.0. The minimum Gasteiger partial charge on any atom is -0.476 e. The van der Waals surface area contributed by atoms with Crippen LogP contribution in [0.25, 0.3) is 0 Å². The number of rotatable bonds is 7. The number of amides is 1. The number of fused-ring (bicyclic) bond motifs is 1. The maximum absolute atomic E-state index is 13.5. The van der Waals surface area contributed by atoms with E-state index in [0.29, 0.717) is 27.1 Å². The van der Waals surface area contributed by atoms with Crippen LogP contribution in [0.4, 0.5) is 17.1 Å². The van der Waals surface area contributed by atoms with Gasteiger partial charge in [0.1, 0.15) is 5.75 Å². The second-order valence-corrected chi connectivity index (χ2v) is 13.1. The summed E-state index contributed by atoms with van der Waals surface area (Å²) in [6, 6.07) is 24.0. The number of hydrogen-bond acceptors (Lipinski definition) is 6. The third-order valence-electron chi connectivity index (χ3n) is 5.94. The highest BCUT2D eigenvalue weighted by Gasteiger charge is 2.37. The predicted molar refractivity (Wildman–Crippen MR) is 154 cm³/mol. The van der Waals surface area contributed by atoms with Crippen LogP contribution in [-0.2, 0) is 24.8 Å². The van der Waals surface area contributed by atoms with Crippen LogP contribution >= 0.6 is 23.2 Å². The average molecular weight is 619 g/mol. The van der Waals surface area contributed by atoms with Crippen molar-refractivity contribution < 1.29 is 26.4 Å². The van der Waals surface area contributed by atoms with Gasteiger partial charge in [-0.3, -0.25) is 13.8 Å². The van der Waals surface area contributed by atoms with E-state index in [1.807, 2.05) is 0 Å². The molecule has 1 aliphatic rings. The Labute approximate surface area is 241 Å². The van der Waals surface area contributed by atoms with E-state index in [-0.39, 0.29) is 22.1 Å². The Morgan fingerprint density at radius 1 is 0.775 bits per heavy atom. The first-order valence-corrected chi connectivity index (χ1v) is 15.4. The minimum absolute atomic E-state index is 0.0101. The molecule has 206 valence electrons. The fourth-order valence-electron chi connectivity index (χ4n) is 4.01. The van der Waals surface area contributed by atoms with Gasteiger partial charge in [0, 0.05) is 15.7 Å². The molecule has 40 heavy (non-hydrogen) atoms. The van der Waals surface area contributed by atoms with Crippen molar-refractivity contribution in [3.05, 3.63) is 107 Å². The molecule has 1 atom stereocenters. The molecule has 0 fully saturated rings. The number of carbonyl (C=O) groups is 1. The lowest BCUT2D eigenvalue weighted by Gasteiger charge is -2.34. The van der Waals surface area contributed by atoms with Crippen molar-refractivity contribution in [2.45, 2.75) is 15.9 Å². The molecule has 0 bridgehead atoms. The quantitative estimate of drug-likeness (QED) is 0.287. The second-order valence-electron chi connectivity index (χ2n) is 8.69. The predicted octanol–water partition coefficient (Wildman–Crippen LogP) is 5.39. The molecule has 1 aliphatic heterocycles. The summed E-state index contributed by atoms with van der Waals surface area (Å²) in [5, 5.41) is 3.43. The smallest absolute Gasteiger partial charge is 0.267 e. The maximum atomic E-state index is 13.5. The Balaban J connectivity index is 1.34. The van der Waals surface area contributed by atoms with Gasteiger partial charge in [-0.15, -0.1) is 0 Å². The largest absolute Gasteiger partial charge is 0.476 e. The Morgan fingerprint density at radius 2 is 1.45 bits per heavy atom. The van der Waals surface area contributed by atoms with Gasteiger partial charge in [-0.2, -0.15) is 0 Å². The van der Waals surface area contributed by atoms with Gasteiger partial charge in [0.05, 0.1) is 27.7 Å². The zero-order valence-electron chi connectivity index (χ0n) is 20.5. The first-order valence-electron chi connectivity index (χ1n) is 11.8. The highest BCUT2D eigenvalue weighted by Crippen LogP contribution is 2.37. The molecule has 0 radical (unpaired) electrons. The molecule has 1 amide bonds. The van der Waals surface area contributed by atoms with Crippen LogP contribution in [0.1, 0.15) is 0 Å². The van der Waals surface area contributed by atoms with Crippen LogP contribution < -0.4 is 19.1 Å². The molecular formula is C27H21Cl2N3O6S2. The molecule has 0 spiro atoms. The number of hydrogen-bond donors (Lipinski definition) is 2. The molecule has 4 aromatic carbocycles. The monoisotopic (exact) mass is 617 g/mol. The van der Waals surface area contributed by atoms with Crippen molar-refractivity contribution in [1.82, 2.24) is 0 Å². The number of ether oxygens (including phenoxy) is 1. The van der Waals surface area contributed by atoms with Crippen molar-refractivity contribution in [2.24, 2.45) is 0 Å². The van der Waals surface area contributed by atoms with Crippen LogP contribution in [0, 0.1) is 0 Å². The fraction of sp³-hybridized carbons (Fsp3) is 0.0741. The van der Waals surface area contributed by atoms with Crippen LogP contribution in [0.15, 0.2) is 107 Å². The van der Waals surface area contributed by atoms with Gasteiger partial charge in [-0.1, -0.05) is 41.4 Å². The molecule has 0 aromatic heterocycles. The van der Waals surface area contributed by atoms with E-state index in [9.17, 15) is 21.6 Å². The maximum Gasteiger partial charge on any atom is 0.267 e. The molecule has 1 unspecified atom stereocenters. The minimum atomic E-state index is -4.05. The molecule has 0 aliphatic carbocycles. The lowest BCUT2D eigenvalue weighted by Crippen LogP contribution is -2.48. The van der Waals surface area contributed by atoms with Gasteiger partial charge in [0.25, 0.3) is 26.0 Å². The first-order chi connectivity index (χ1) is 19.0. The lowest BCUT2D eigenvalue weighted by atomic mass is 10.2. The number of benzene rings is 4. The number of anilines is 3. The topological polar surface area (TPSA) is 122 Å². The summed E-state index contributed by atoms with van der Waals surface area (Å²) < 4.78 is 61.9. The molecule has 4 aromatic rings. The normalized spacial score (nSPS) is 15.1. The van der Waals surface area contributed by atoms with Crippen molar-refractivity contribution >= 4 is 66.2 Å². The molecule has 1 heterocycles. The summed E-state index contributed by atoms with van der Waals surface area (Å²) in [5.74, 6) is -0.390. The third kappa shape index (κ3) is 5.87. The standard InChI is InChI=1S/C27H21Cl2N3O6S2/c28-18-8-12-23(13-9-18)40(36,37)32-17-26(38-25-7-2-1-6-24(25)32)27(33)30-20-10-14-22(15-11-20)39(34,35)31-21-5-3-4-19(29)16-21/h1-16,26,31H,17H2,(H,30,33). The molecule has 0 saturated heterocycles. The van der Waals surface area contributed by atoms with Crippen molar-refractivity contribution in [2.75, 3.05) is 20.9 Å². The average Bonchev–Trinajstić information content (AvgIpc) is 2.92.